The molecule has 1 fully saturated rings. The molecule has 0 aliphatic heterocycles. The van der Waals surface area contributed by atoms with Gasteiger partial charge in [-0.3, -0.25) is 0 Å². The summed E-state index contributed by atoms with van der Waals surface area (Å²) in [5.41, 5.74) is 0. The van der Waals surface area contributed by atoms with Crippen molar-refractivity contribution in [3.8, 4) is 0 Å². The van der Waals surface area contributed by atoms with Gasteiger partial charge in [0.05, 0.1) is 0 Å². The molecule has 6 heteroatoms. The largest absolute Gasteiger partial charge is 0.373 e. The molecule has 1 saturated carbocycles. The molecule has 1 aliphatic rings. The van der Waals surface area contributed by atoms with Gasteiger partial charge in [-0.05, 0) is 24.6 Å². The van der Waals surface area contributed by atoms with Crippen LogP contribution in [0.1, 0.15) is 24.6 Å². The third-order valence-corrected chi connectivity index (χ3v) is 3.89. The summed E-state index contributed by atoms with van der Waals surface area (Å²) in [5.74, 6) is 2.39. The molecular weight excluding hydrogens is 246 g/mol. The van der Waals surface area contributed by atoms with Gasteiger partial charge in [-0.2, -0.15) is 0 Å². The van der Waals surface area contributed by atoms with E-state index in [0.29, 0.717) is 5.92 Å². The minimum atomic E-state index is 0.555. The molecule has 94 valence electrons. The van der Waals surface area contributed by atoms with Crippen molar-refractivity contribution in [3.63, 3.8) is 0 Å². The summed E-state index contributed by atoms with van der Waals surface area (Å²) < 4.78 is 1.99. The topological polar surface area (TPSA) is 55.6 Å². The molecule has 0 aromatic carbocycles. The molecule has 0 atom stereocenters. The Morgan fingerprint density at radius 1 is 1.39 bits per heavy atom. The Morgan fingerprint density at radius 3 is 2.83 bits per heavy atom. The first-order valence-electron chi connectivity index (χ1n) is 5.98. The van der Waals surface area contributed by atoms with Gasteiger partial charge in [0, 0.05) is 38.5 Å². The van der Waals surface area contributed by atoms with E-state index in [4.69, 9.17) is 0 Å². The Balaban J connectivity index is 1.90. The Morgan fingerprint density at radius 2 is 2.22 bits per heavy atom. The second-order valence-corrected chi connectivity index (χ2v) is 5.38. The first-order chi connectivity index (χ1) is 8.76. The number of hydrogen-bond donors (Lipinski definition) is 1. The van der Waals surface area contributed by atoms with E-state index < -0.39 is 0 Å². The first kappa shape index (κ1) is 11.5. The molecule has 0 saturated heterocycles. The van der Waals surface area contributed by atoms with Crippen LogP contribution in [0, 0.1) is 0 Å². The molecule has 2 aromatic heterocycles. The summed E-state index contributed by atoms with van der Waals surface area (Å²) in [6, 6.07) is 1.96. The smallest absolute Gasteiger partial charge is 0.174 e. The summed E-state index contributed by atoms with van der Waals surface area (Å²) in [6.45, 7) is 0. The lowest BCUT2D eigenvalue weighted by atomic mass is 10.4. The molecule has 2 heterocycles. The Hall–Kier alpha value is -1.56. The number of rotatable bonds is 4. The van der Waals surface area contributed by atoms with E-state index in [0.717, 1.165) is 21.8 Å². The summed E-state index contributed by atoms with van der Waals surface area (Å²) in [5, 5.41) is 4.98. The number of aryl methyl sites for hydroxylation is 1. The molecule has 18 heavy (non-hydrogen) atoms. The second-order valence-electron chi connectivity index (χ2n) is 4.40. The number of hydrogen-bond acceptors (Lipinski definition) is 5. The van der Waals surface area contributed by atoms with E-state index in [1.54, 1.807) is 18.0 Å². The zero-order chi connectivity index (χ0) is 12.5. The van der Waals surface area contributed by atoms with E-state index in [-0.39, 0.29) is 0 Å². The summed E-state index contributed by atoms with van der Waals surface area (Å²) >= 11 is 1.57. The highest BCUT2D eigenvalue weighted by Gasteiger charge is 2.27. The first-order valence-corrected chi connectivity index (χ1v) is 6.80. The van der Waals surface area contributed by atoms with Crippen molar-refractivity contribution in [2.75, 3.05) is 12.4 Å². The number of nitrogens with one attached hydrogen (secondary N) is 1. The minimum absolute atomic E-state index is 0.555. The SMILES string of the molecule is CNc1cc(Sc2nccn2C)nc(C2CC2)n1. The highest BCUT2D eigenvalue weighted by molar-refractivity contribution is 7.99. The van der Waals surface area contributed by atoms with Crippen molar-refractivity contribution in [2.45, 2.75) is 28.9 Å². The molecule has 1 N–H and O–H groups in total. The average Bonchev–Trinajstić information content (AvgIpc) is 3.15. The molecule has 0 amide bonds. The van der Waals surface area contributed by atoms with E-state index in [9.17, 15) is 0 Å². The van der Waals surface area contributed by atoms with Crippen molar-refractivity contribution in [1.82, 2.24) is 19.5 Å². The molecule has 0 bridgehead atoms. The van der Waals surface area contributed by atoms with Crippen LogP contribution in [-0.4, -0.2) is 26.6 Å². The van der Waals surface area contributed by atoms with Gasteiger partial charge in [-0.1, -0.05) is 0 Å². The van der Waals surface area contributed by atoms with E-state index >= 15 is 0 Å². The van der Waals surface area contributed by atoms with E-state index in [1.165, 1.54) is 12.8 Å². The lowest BCUT2D eigenvalue weighted by molar-refractivity contribution is 0.786. The fourth-order valence-corrected chi connectivity index (χ4v) is 2.51. The van der Waals surface area contributed by atoms with Gasteiger partial charge >= 0.3 is 0 Å². The highest BCUT2D eigenvalue weighted by atomic mass is 32.2. The maximum atomic E-state index is 4.62. The third kappa shape index (κ3) is 2.33. The van der Waals surface area contributed by atoms with Gasteiger partial charge in [0.25, 0.3) is 0 Å². The zero-order valence-electron chi connectivity index (χ0n) is 10.4. The summed E-state index contributed by atoms with van der Waals surface area (Å²) in [6.07, 6.45) is 6.15. The predicted octanol–water partition coefficient (Wildman–Crippen LogP) is 2.28. The van der Waals surface area contributed by atoms with Crippen LogP contribution in [-0.2, 0) is 7.05 Å². The van der Waals surface area contributed by atoms with Crippen LogP contribution in [0.2, 0.25) is 0 Å². The number of nitrogens with zero attached hydrogens (tertiary/aromatic N) is 4. The van der Waals surface area contributed by atoms with Gasteiger partial charge in [0.2, 0.25) is 0 Å². The molecule has 5 nitrogen and oxygen atoms in total. The van der Waals surface area contributed by atoms with Crippen LogP contribution in [0.25, 0.3) is 0 Å². The average molecular weight is 261 g/mol. The summed E-state index contributed by atoms with van der Waals surface area (Å²) in [4.78, 5) is 13.4. The Bertz CT molecular complexity index is 561. The van der Waals surface area contributed by atoms with Crippen LogP contribution in [0.15, 0.2) is 28.6 Å². The van der Waals surface area contributed by atoms with Gasteiger partial charge in [-0.15, -0.1) is 0 Å². The van der Waals surface area contributed by atoms with Crippen LogP contribution in [0.5, 0.6) is 0 Å². The molecule has 0 radical (unpaired) electrons. The quantitative estimate of drug-likeness (QED) is 0.856. The Kier molecular flexibility index (Phi) is 2.95. The molecule has 1 aliphatic carbocycles. The monoisotopic (exact) mass is 261 g/mol. The highest BCUT2D eigenvalue weighted by Crippen LogP contribution is 2.39. The third-order valence-electron chi connectivity index (χ3n) is 2.89. The Labute approximate surface area is 110 Å². The lowest BCUT2D eigenvalue weighted by Gasteiger charge is -2.06. The molecule has 2 aromatic rings. The normalized spacial score (nSPS) is 14.8. The van der Waals surface area contributed by atoms with Crippen LogP contribution in [0.3, 0.4) is 0 Å². The van der Waals surface area contributed by atoms with E-state index in [1.807, 2.05) is 30.9 Å². The van der Waals surface area contributed by atoms with Crippen molar-refractivity contribution in [3.05, 3.63) is 24.3 Å². The summed E-state index contributed by atoms with van der Waals surface area (Å²) in [7, 11) is 3.87. The second kappa shape index (κ2) is 4.61. The van der Waals surface area contributed by atoms with Gasteiger partial charge in [-0.25, -0.2) is 15.0 Å². The fourth-order valence-electron chi connectivity index (χ4n) is 1.69. The van der Waals surface area contributed by atoms with Crippen molar-refractivity contribution >= 4 is 17.6 Å². The molecule has 3 rings (SSSR count). The van der Waals surface area contributed by atoms with Gasteiger partial charge in [0.1, 0.15) is 16.7 Å². The van der Waals surface area contributed by atoms with E-state index in [2.05, 4.69) is 20.3 Å². The zero-order valence-corrected chi connectivity index (χ0v) is 11.2. The molecular formula is C12H15N5S. The number of aromatic nitrogens is 4. The van der Waals surface area contributed by atoms with Crippen LogP contribution in [0.4, 0.5) is 5.82 Å². The maximum Gasteiger partial charge on any atom is 0.174 e. The van der Waals surface area contributed by atoms with Crippen molar-refractivity contribution in [2.24, 2.45) is 7.05 Å². The predicted molar refractivity (Wildman–Crippen MR) is 70.9 cm³/mol. The van der Waals surface area contributed by atoms with Crippen LogP contribution >= 0.6 is 11.8 Å². The van der Waals surface area contributed by atoms with Gasteiger partial charge in [0.15, 0.2) is 5.16 Å². The van der Waals surface area contributed by atoms with Crippen molar-refractivity contribution < 1.29 is 0 Å². The lowest BCUT2D eigenvalue weighted by Crippen LogP contribution is -2.00. The molecule has 0 spiro atoms. The van der Waals surface area contributed by atoms with Gasteiger partial charge < -0.3 is 9.88 Å². The fraction of sp³-hybridized carbons (Fsp3) is 0.417. The van der Waals surface area contributed by atoms with Crippen molar-refractivity contribution in [1.29, 1.82) is 0 Å². The minimum Gasteiger partial charge on any atom is -0.373 e. The standard InChI is InChI=1S/C12H15N5S/c1-13-9-7-10(16-11(15-9)8-3-4-8)18-12-14-5-6-17(12)2/h5-8H,3-4H2,1-2H3,(H,13,15,16). The number of anilines is 1. The molecule has 0 unspecified atom stereocenters. The number of imidazole rings is 1. The maximum absolute atomic E-state index is 4.62. The van der Waals surface area contributed by atoms with Crippen LogP contribution < -0.4 is 5.32 Å².